The maximum absolute atomic E-state index is 12.2. The van der Waals surface area contributed by atoms with Gasteiger partial charge in [0.1, 0.15) is 10.6 Å². The highest BCUT2D eigenvalue weighted by molar-refractivity contribution is 7.17. The number of benzene rings is 1. The van der Waals surface area contributed by atoms with Crippen molar-refractivity contribution in [3.63, 3.8) is 0 Å². The molecule has 0 aliphatic carbocycles. The molecule has 2 aromatic rings. The summed E-state index contributed by atoms with van der Waals surface area (Å²) in [6.45, 7) is 2.87. The van der Waals surface area contributed by atoms with Crippen LogP contribution in [0.25, 0.3) is 11.1 Å². The van der Waals surface area contributed by atoms with Crippen LogP contribution in [0.5, 0.6) is 0 Å². The molecule has 0 atom stereocenters. The maximum atomic E-state index is 12.2. The lowest BCUT2D eigenvalue weighted by Crippen LogP contribution is -2.11. The Bertz CT molecular complexity index is 621. The molecule has 112 valence electrons. The van der Waals surface area contributed by atoms with Crippen LogP contribution in [0.3, 0.4) is 0 Å². The Morgan fingerprint density at radius 2 is 1.95 bits per heavy atom. The molecule has 0 fully saturated rings. The first-order valence-corrected chi connectivity index (χ1v) is 7.64. The van der Waals surface area contributed by atoms with Gasteiger partial charge in [0, 0.05) is 17.0 Å². The van der Waals surface area contributed by atoms with Crippen LogP contribution in [-0.2, 0) is 11.3 Å². The molecule has 1 aromatic heterocycles. The van der Waals surface area contributed by atoms with Gasteiger partial charge in [-0.05, 0) is 26.6 Å². The van der Waals surface area contributed by atoms with Crippen LogP contribution < -0.4 is 5.73 Å². The first kappa shape index (κ1) is 15.5. The van der Waals surface area contributed by atoms with E-state index in [1.807, 2.05) is 44.4 Å². The highest BCUT2D eigenvalue weighted by Gasteiger charge is 2.24. The lowest BCUT2D eigenvalue weighted by molar-refractivity contribution is 0.0529. The first-order valence-electron chi connectivity index (χ1n) is 6.83. The van der Waals surface area contributed by atoms with Gasteiger partial charge in [0.15, 0.2) is 0 Å². The number of carbonyl (C=O) groups is 1. The van der Waals surface area contributed by atoms with Gasteiger partial charge in [0.25, 0.3) is 0 Å². The van der Waals surface area contributed by atoms with Crippen molar-refractivity contribution in [2.24, 2.45) is 0 Å². The van der Waals surface area contributed by atoms with E-state index >= 15 is 0 Å². The molecule has 0 aliphatic heterocycles. The number of rotatable bonds is 5. The van der Waals surface area contributed by atoms with Crippen molar-refractivity contribution in [2.75, 3.05) is 26.4 Å². The maximum Gasteiger partial charge on any atom is 0.341 e. The van der Waals surface area contributed by atoms with Crippen LogP contribution in [0, 0.1) is 0 Å². The summed E-state index contributed by atoms with van der Waals surface area (Å²) in [5.41, 5.74) is 8.46. The van der Waals surface area contributed by atoms with Crippen molar-refractivity contribution in [3.05, 3.63) is 40.8 Å². The standard InChI is InChI=1S/C16H20N2O2S/c1-4-20-16(19)14-13(11-8-6-5-7-9-11)12(10-18(2)3)21-15(14)17/h5-9H,4,10,17H2,1-3H3. The molecule has 0 radical (unpaired) electrons. The van der Waals surface area contributed by atoms with Gasteiger partial charge in [-0.2, -0.15) is 0 Å². The Morgan fingerprint density at radius 3 is 2.52 bits per heavy atom. The van der Waals surface area contributed by atoms with E-state index in [1.165, 1.54) is 11.3 Å². The van der Waals surface area contributed by atoms with Gasteiger partial charge in [0.05, 0.1) is 6.61 Å². The Labute approximate surface area is 129 Å². The van der Waals surface area contributed by atoms with Gasteiger partial charge in [-0.1, -0.05) is 30.3 Å². The van der Waals surface area contributed by atoms with Gasteiger partial charge in [-0.15, -0.1) is 11.3 Å². The Kier molecular flexibility index (Phi) is 4.98. The zero-order valence-corrected chi connectivity index (χ0v) is 13.4. The van der Waals surface area contributed by atoms with Crippen LogP contribution in [0.1, 0.15) is 22.2 Å². The minimum Gasteiger partial charge on any atom is -0.462 e. The molecular formula is C16H20N2O2S. The number of hydrogen-bond donors (Lipinski definition) is 1. The Hall–Kier alpha value is -1.85. The molecule has 0 saturated carbocycles. The number of nitrogens with zero attached hydrogens (tertiary/aromatic N) is 1. The van der Waals surface area contributed by atoms with E-state index in [9.17, 15) is 4.79 Å². The number of esters is 1. The van der Waals surface area contributed by atoms with Crippen LogP contribution in [0.4, 0.5) is 5.00 Å². The van der Waals surface area contributed by atoms with Gasteiger partial charge >= 0.3 is 5.97 Å². The molecule has 4 nitrogen and oxygen atoms in total. The lowest BCUT2D eigenvalue weighted by Gasteiger charge is -2.11. The molecule has 5 heteroatoms. The molecule has 0 unspecified atom stereocenters. The fourth-order valence-corrected chi connectivity index (χ4v) is 3.41. The number of anilines is 1. The molecule has 0 aliphatic rings. The van der Waals surface area contributed by atoms with Crippen molar-refractivity contribution < 1.29 is 9.53 Å². The van der Waals surface area contributed by atoms with Crippen molar-refractivity contribution in [2.45, 2.75) is 13.5 Å². The van der Waals surface area contributed by atoms with Crippen LogP contribution in [0.15, 0.2) is 30.3 Å². The SMILES string of the molecule is CCOC(=O)c1c(N)sc(CN(C)C)c1-c1ccccc1. The molecule has 2 N–H and O–H groups in total. The molecular weight excluding hydrogens is 284 g/mol. The molecule has 0 spiro atoms. The van der Waals surface area contributed by atoms with Crippen LogP contribution in [0.2, 0.25) is 0 Å². The van der Waals surface area contributed by atoms with Crippen molar-refractivity contribution in [3.8, 4) is 11.1 Å². The van der Waals surface area contributed by atoms with Crippen molar-refractivity contribution in [1.82, 2.24) is 4.90 Å². The second kappa shape index (κ2) is 6.74. The fourth-order valence-electron chi connectivity index (χ4n) is 2.21. The number of nitrogens with two attached hydrogens (primary N) is 1. The van der Waals surface area contributed by atoms with Crippen molar-refractivity contribution in [1.29, 1.82) is 0 Å². The highest BCUT2D eigenvalue weighted by Crippen LogP contribution is 2.39. The average Bonchev–Trinajstić information content (AvgIpc) is 2.75. The normalized spacial score (nSPS) is 10.9. The smallest absolute Gasteiger partial charge is 0.341 e. The third kappa shape index (κ3) is 3.43. The van der Waals surface area contributed by atoms with E-state index < -0.39 is 0 Å². The summed E-state index contributed by atoms with van der Waals surface area (Å²) in [6, 6.07) is 9.84. The van der Waals surface area contributed by atoms with Crippen molar-refractivity contribution >= 4 is 22.3 Å². The predicted molar refractivity (Wildman–Crippen MR) is 87.5 cm³/mol. The Morgan fingerprint density at radius 1 is 1.29 bits per heavy atom. The lowest BCUT2D eigenvalue weighted by atomic mass is 10.0. The second-order valence-electron chi connectivity index (χ2n) is 4.96. The fraction of sp³-hybridized carbons (Fsp3) is 0.312. The zero-order chi connectivity index (χ0) is 15.4. The number of carbonyl (C=O) groups excluding carboxylic acids is 1. The number of thiophene rings is 1. The summed E-state index contributed by atoms with van der Waals surface area (Å²) < 4.78 is 5.16. The van der Waals surface area contributed by atoms with E-state index in [1.54, 1.807) is 6.92 Å². The van der Waals surface area contributed by atoms with E-state index in [0.717, 1.165) is 22.5 Å². The minimum atomic E-state index is -0.352. The summed E-state index contributed by atoms with van der Waals surface area (Å²) in [6.07, 6.45) is 0. The number of nitrogen functional groups attached to an aromatic ring is 1. The molecule has 1 heterocycles. The first-order chi connectivity index (χ1) is 10.0. The topological polar surface area (TPSA) is 55.6 Å². The third-order valence-electron chi connectivity index (χ3n) is 3.01. The van der Waals surface area contributed by atoms with Crippen LogP contribution >= 0.6 is 11.3 Å². The van der Waals surface area contributed by atoms with E-state index in [2.05, 4.69) is 4.90 Å². The summed E-state index contributed by atoms with van der Waals surface area (Å²) in [4.78, 5) is 15.4. The minimum absolute atomic E-state index is 0.339. The highest BCUT2D eigenvalue weighted by atomic mass is 32.1. The predicted octanol–water partition coefficient (Wildman–Crippen LogP) is 3.24. The third-order valence-corrected chi connectivity index (χ3v) is 4.01. The van der Waals surface area contributed by atoms with Crippen LogP contribution in [-0.4, -0.2) is 31.6 Å². The average molecular weight is 304 g/mol. The molecule has 21 heavy (non-hydrogen) atoms. The van der Waals surface area contributed by atoms with E-state index in [4.69, 9.17) is 10.5 Å². The molecule has 0 saturated heterocycles. The van der Waals surface area contributed by atoms with Gasteiger partial charge < -0.3 is 15.4 Å². The van der Waals surface area contributed by atoms with Gasteiger partial charge in [0.2, 0.25) is 0 Å². The second-order valence-corrected chi connectivity index (χ2v) is 6.10. The summed E-state index contributed by atoms with van der Waals surface area (Å²) in [5.74, 6) is -0.352. The van der Waals surface area contributed by atoms with E-state index in [0.29, 0.717) is 17.2 Å². The summed E-state index contributed by atoms with van der Waals surface area (Å²) in [7, 11) is 3.99. The van der Waals surface area contributed by atoms with E-state index in [-0.39, 0.29) is 5.97 Å². The Balaban J connectivity index is 2.59. The largest absolute Gasteiger partial charge is 0.462 e. The number of ether oxygens (including phenoxy) is 1. The zero-order valence-electron chi connectivity index (χ0n) is 12.6. The monoisotopic (exact) mass is 304 g/mol. The van der Waals surface area contributed by atoms with Gasteiger partial charge in [-0.25, -0.2) is 4.79 Å². The number of hydrogen-bond acceptors (Lipinski definition) is 5. The summed E-state index contributed by atoms with van der Waals surface area (Å²) in [5, 5.41) is 0.518. The molecule has 2 rings (SSSR count). The quantitative estimate of drug-likeness (QED) is 0.862. The molecule has 0 bridgehead atoms. The molecule has 1 aromatic carbocycles. The summed E-state index contributed by atoms with van der Waals surface area (Å²) >= 11 is 1.45. The molecule has 0 amide bonds. The van der Waals surface area contributed by atoms with Gasteiger partial charge in [-0.3, -0.25) is 0 Å².